The fourth-order valence-electron chi connectivity index (χ4n) is 5.21. The number of hydrogen-bond donors (Lipinski definition) is 0. The third kappa shape index (κ3) is 5.89. The number of unbranched alkanes of at least 4 members (excludes halogenated alkanes) is 1. The number of carbonyl (C=O) groups excluding carboxylic acids is 2. The van der Waals surface area contributed by atoms with Crippen LogP contribution in [-0.4, -0.2) is 72.4 Å². The van der Waals surface area contributed by atoms with Crippen LogP contribution < -0.4 is 4.74 Å². The molecule has 3 heterocycles. The van der Waals surface area contributed by atoms with E-state index >= 15 is 0 Å². The molecule has 0 radical (unpaired) electrons. The molecule has 2 aromatic carbocycles. The lowest BCUT2D eigenvalue weighted by Gasteiger charge is -2.39. The van der Waals surface area contributed by atoms with Gasteiger partial charge in [0.1, 0.15) is 5.75 Å². The summed E-state index contributed by atoms with van der Waals surface area (Å²) in [5.41, 5.74) is 3.22. The Kier molecular flexibility index (Phi) is 8.21. The number of rotatable bonds is 8. The van der Waals surface area contributed by atoms with Crippen molar-refractivity contribution in [2.45, 2.75) is 32.2 Å². The third-order valence-corrected chi connectivity index (χ3v) is 8.30. The molecule has 1 fully saturated rings. The summed E-state index contributed by atoms with van der Waals surface area (Å²) in [5, 5.41) is 2.16. The van der Waals surface area contributed by atoms with Gasteiger partial charge in [0.2, 0.25) is 5.91 Å². The predicted octanol–water partition coefficient (Wildman–Crippen LogP) is 4.86. The molecule has 0 spiro atoms. The number of hydrogen-bond acceptors (Lipinski definition) is 5. The molecule has 194 valence electrons. The molecule has 6 nitrogen and oxygen atoms in total. The summed E-state index contributed by atoms with van der Waals surface area (Å²) in [6, 6.07) is 20.2. The van der Waals surface area contributed by atoms with Gasteiger partial charge in [0.15, 0.2) is 0 Å². The first-order valence-electron chi connectivity index (χ1n) is 13.3. The minimum absolute atomic E-state index is 0.0115. The number of ether oxygens (including phenoxy) is 1. The van der Waals surface area contributed by atoms with E-state index in [0.29, 0.717) is 44.9 Å². The van der Waals surface area contributed by atoms with Crippen LogP contribution in [-0.2, 0) is 11.2 Å². The van der Waals surface area contributed by atoms with E-state index in [9.17, 15) is 9.59 Å². The predicted molar refractivity (Wildman–Crippen MR) is 147 cm³/mol. The Morgan fingerprint density at radius 1 is 0.919 bits per heavy atom. The minimum atomic E-state index is 0.0115. The summed E-state index contributed by atoms with van der Waals surface area (Å²) in [4.78, 5) is 33.9. The van der Waals surface area contributed by atoms with E-state index in [4.69, 9.17) is 4.74 Å². The summed E-state index contributed by atoms with van der Waals surface area (Å²) in [6.07, 6.45) is 3.09. The molecular weight excluding hydrogens is 482 g/mol. The Bertz CT molecular complexity index is 1190. The van der Waals surface area contributed by atoms with Crippen molar-refractivity contribution in [1.29, 1.82) is 0 Å². The van der Waals surface area contributed by atoms with Gasteiger partial charge >= 0.3 is 0 Å². The first-order chi connectivity index (χ1) is 18.1. The van der Waals surface area contributed by atoms with Crippen LogP contribution in [0.4, 0.5) is 0 Å². The molecule has 0 N–H and O–H groups in total. The summed E-state index contributed by atoms with van der Waals surface area (Å²) in [7, 11) is 0. The van der Waals surface area contributed by atoms with Gasteiger partial charge in [-0.3, -0.25) is 14.5 Å². The topological polar surface area (TPSA) is 53.1 Å². The maximum absolute atomic E-state index is 13.4. The van der Waals surface area contributed by atoms with E-state index in [1.54, 1.807) is 0 Å². The van der Waals surface area contributed by atoms with E-state index in [1.807, 2.05) is 51.5 Å². The molecule has 37 heavy (non-hydrogen) atoms. The van der Waals surface area contributed by atoms with E-state index in [2.05, 4.69) is 47.5 Å². The number of thiophene rings is 1. The molecule has 0 bridgehead atoms. The van der Waals surface area contributed by atoms with E-state index in [-0.39, 0.29) is 17.9 Å². The van der Waals surface area contributed by atoms with Crippen LogP contribution in [0.15, 0.2) is 66.0 Å². The molecule has 2 aliphatic rings. The van der Waals surface area contributed by atoms with Crippen molar-refractivity contribution in [3.63, 3.8) is 0 Å². The fraction of sp³-hybridized carbons (Fsp3) is 0.400. The SMILES string of the molecule is CCCCOc1ccc(C(=O)N2CCN(C(=O)CN3CCc4sccc4C3c3ccccc3)CC2)cc1. The Hall–Kier alpha value is -3.16. The maximum atomic E-state index is 13.4. The highest BCUT2D eigenvalue weighted by molar-refractivity contribution is 7.10. The number of fused-ring (bicyclic) bond motifs is 1. The van der Waals surface area contributed by atoms with Gasteiger partial charge < -0.3 is 14.5 Å². The molecule has 2 amide bonds. The maximum Gasteiger partial charge on any atom is 0.253 e. The van der Waals surface area contributed by atoms with Crippen molar-refractivity contribution < 1.29 is 14.3 Å². The lowest BCUT2D eigenvalue weighted by atomic mass is 9.93. The van der Waals surface area contributed by atoms with Gasteiger partial charge in [-0.2, -0.15) is 0 Å². The van der Waals surface area contributed by atoms with Crippen LogP contribution in [0.2, 0.25) is 0 Å². The summed E-state index contributed by atoms with van der Waals surface area (Å²) < 4.78 is 5.71. The second kappa shape index (κ2) is 11.9. The molecule has 0 saturated carbocycles. The second-order valence-electron chi connectivity index (χ2n) is 9.73. The summed E-state index contributed by atoms with van der Waals surface area (Å²) >= 11 is 1.81. The van der Waals surface area contributed by atoms with Crippen LogP contribution >= 0.6 is 11.3 Å². The molecule has 1 aromatic heterocycles. The van der Waals surface area contributed by atoms with Crippen molar-refractivity contribution in [1.82, 2.24) is 14.7 Å². The minimum Gasteiger partial charge on any atom is -0.494 e. The molecule has 2 aliphatic heterocycles. The molecule has 7 heteroatoms. The fourth-order valence-corrected chi connectivity index (χ4v) is 6.11. The van der Waals surface area contributed by atoms with E-state index in [0.717, 1.165) is 31.6 Å². The van der Waals surface area contributed by atoms with Crippen molar-refractivity contribution in [2.75, 3.05) is 45.9 Å². The van der Waals surface area contributed by atoms with Gasteiger partial charge in [-0.25, -0.2) is 0 Å². The van der Waals surface area contributed by atoms with Gasteiger partial charge in [0.05, 0.1) is 19.2 Å². The van der Waals surface area contributed by atoms with Crippen molar-refractivity contribution in [3.05, 3.63) is 87.6 Å². The molecule has 1 atom stereocenters. The highest BCUT2D eigenvalue weighted by Gasteiger charge is 2.33. The Morgan fingerprint density at radius 2 is 1.65 bits per heavy atom. The monoisotopic (exact) mass is 517 g/mol. The standard InChI is InChI=1S/C30H35N3O3S/c1-2-3-20-36-25-11-9-24(10-12-25)30(35)32-18-16-31(17-19-32)28(34)22-33-15-13-27-26(14-21-37-27)29(33)23-7-5-4-6-8-23/h4-12,14,21,29H,2-3,13,15-20,22H2,1H3. The second-order valence-corrected chi connectivity index (χ2v) is 10.7. The zero-order valence-electron chi connectivity index (χ0n) is 21.5. The number of piperazine rings is 1. The molecule has 1 unspecified atom stereocenters. The molecular formula is C30H35N3O3S. The van der Waals surface area contributed by atoms with Gasteiger partial charge in [-0.05, 0) is 59.7 Å². The van der Waals surface area contributed by atoms with Crippen molar-refractivity contribution >= 4 is 23.2 Å². The van der Waals surface area contributed by atoms with Gasteiger partial charge in [-0.15, -0.1) is 11.3 Å². The molecule has 0 aliphatic carbocycles. The normalized spacial score (nSPS) is 17.9. The number of amides is 2. The summed E-state index contributed by atoms with van der Waals surface area (Å²) in [6.45, 7) is 6.32. The van der Waals surface area contributed by atoms with Gasteiger partial charge in [-0.1, -0.05) is 43.7 Å². The Labute approximate surface area is 223 Å². The van der Waals surface area contributed by atoms with Crippen LogP contribution in [0, 0.1) is 0 Å². The van der Waals surface area contributed by atoms with Crippen LogP contribution in [0.1, 0.15) is 52.2 Å². The van der Waals surface area contributed by atoms with Crippen LogP contribution in [0.25, 0.3) is 0 Å². The number of benzene rings is 2. The Morgan fingerprint density at radius 3 is 2.38 bits per heavy atom. The van der Waals surface area contributed by atoms with Crippen molar-refractivity contribution in [3.8, 4) is 5.75 Å². The number of carbonyl (C=O) groups is 2. The Balaban J connectivity index is 1.17. The lowest BCUT2D eigenvalue weighted by Crippen LogP contribution is -2.53. The molecule has 5 rings (SSSR count). The highest BCUT2D eigenvalue weighted by atomic mass is 32.1. The van der Waals surface area contributed by atoms with Crippen LogP contribution in [0.3, 0.4) is 0 Å². The molecule has 1 saturated heterocycles. The number of nitrogens with zero attached hydrogens (tertiary/aromatic N) is 3. The zero-order chi connectivity index (χ0) is 25.6. The lowest BCUT2D eigenvalue weighted by molar-refractivity contribution is -0.134. The first kappa shape index (κ1) is 25.5. The quantitative estimate of drug-likeness (QED) is 0.401. The van der Waals surface area contributed by atoms with Gasteiger partial charge in [0.25, 0.3) is 5.91 Å². The largest absolute Gasteiger partial charge is 0.494 e. The van der Waals surface area contributed by atoms with Crippen molar-refractivity contribution in [2.24, 2.45) is 0 Å². The third-order valence-electron chi connectivity index (χ3n) is 7.31. The molecule has 3 aromatic rings. The average Bonchev–Trinajstić information content (AvgIpc) is 3.42. The zero-order valence-corrected chi connectivity index (χ0v) is 22.3. The smallest absolute Gasteiger partial charge is 0.253 e. The van der Waals surface area contributed by atoms with E-state index < -0.39 is 0 Å². The highest BCUT2D eigenvalue weighted by Crippen LogP contribution is 2.37. The average molecular weight is 518 g/mol. The summed E-state index contributed by atoms with van der Waals surface area (Å²) in [5.74, 6) is 0.944. The van der Waals surface area contributed by atoms with E-state index in [1.165, 1.54) is 16.0 Å². The van der Waals surface area contributed by atoms with Crippen LogP contribution in [0.5, 0.6) is 5.75 Å². The first-order valence-corrected chi connectivity index (χ1v) is 14.2. The van der Waals surface area contributed by atoms with Gasteiger partial charge in [0, 0.05) is 43.2 Å².